The number of benzene rings is 1. The predicted molar refractivity (Wildman–Crippen MR) is 81.1 cm³/mol. The van der Waals surface area contributed by atoms with E-state index >= 15 is 0 Å². The van der Waals surface area contributed by atoms with Crippen LogP contribution >= 0.6 is 0 Å². The predicted octanol–water partition coefficient (Wildman–Crippen LogP) is 1.69. The lowest BCUT2D eigenvalue weighted by molar-refractivity contribution is -0.384. The highest BCUT2D eigenvalue weighted by Crippen LogP contribution is 2.25. The molecule has 2 atom stereocenters. The minimum atomic E-state index is -3.00. The molecule has 0 radical (unpaired) electrons. The Morgan fingerprint density at radius 3 is 2.52 bits per heavy atom. The Hall–Kier alpha value is -1.47. The van der Waals surface area contributed by atoms with Crippen molar-refractivity contribution in [2.24, 2.45) is 0 Å². The van der Waals surface area contributed by atoms with Crippen molar-refractivity contribution in [3.8, 4) is 0 Å². The van der Waals surface area contributed by atoms with Crippen molar-refractivity contribution in [1.29, 1.82) is 0 Å². The molecule has 0 saturated heterocycles. The van der Waals surface area contributed by atoms with Crippen molar-refractivity contribution < 1.29 is 13.3 Å². The van der Waals surface area contributed by atoms with Gasteiger partial charge in [0.1, 0.15) is 0 Å². The molecular weight excluding hydrogens is 292 g/mol. The second-order valence-electron chi connectivity index (χ2n) is 5.53. The molecule has 0 amide bonds. The molecule has 1 saturated carbocycles. The van der Waals surface area contributed by atoms with Crippen molar-refractivity contribution in [3.05, 3.63) is 39.9 Å². The van der Waals surface area contributed by atoms with E-state index < -0.39 is 14.8 Å². The molecule has 7 heteroatoms. The van der Waals surface area contributed by atoms with E-state index in [0.29, 0.717) is 6.54 Å². The molecule has 0 aliphatic heterocycles. The van der Waals surface area contributed by atoms with Crippen LogP contribution in [-0.4, -0.2) is 37.4 Å². The Bertz CT molecular complexity index is 598. The average Bonchev–Trinajstić information content (AvgIpc) is 2.88. The number of sulfone groups is 1. The van der Waals surface area contributed by atoms with E-state index in [1.165, 1.54) is 18.4 Å². The van der Waals surface area contributed by atoms with Gasteiger partial charge in [0.15, 0.2) is 9.84 Å². The largest absolute Gasteiger partial charge is 0.312 e. The Morgan fingerprint density at radius 2 is 1.95 bits per heavy atom. The van der Waals surface area contributed by atoms with Gasteiger partial charge in [0.25, 0.3) is 5.69 Å². The number of nitrogens with zero attached hydrogens (tertiary/aromatic N) is 1. The number of rotatable bonds is 6. The summed E-state index contributed by atoms with van der Waals surface area (Å²) in [5, 5.41) is 13.6. The maximum atomic E-state index is 11.7. The van der Waals surface area contributed by atoms with Crippen molar-refractivity contribution in [2.45, 2.75) is 37.0 Å². The number of nitrogens with one attached hydrogen (secondary N) is 1. The summed E-state index contributed by atoms with van der Waals surface area (Å²) in [5.74, 6) is 0. The van der Waals surface area contributed by atoms with Crippen molar-refractivity contribution in [1.82, 2.24) is 5.32 Å². The van der Waals surface area contributed by atoms with Gasteiger partial charge in [0, 0.05) is 24.4 Å². The van der Waals surface area contributed by atoms with Gasteiger partial charge in [-0.3, -0.25) is 10.1 Å². The summed E-state index contributed by atoms with van der Waals surface area (Å²) >= 11 is 0. The highest BCUT2D eigenvalue weighted by atomic mass is 32.2. The Balaban J connectivity index is 1.85. The number of nitro benzene ring substituents is 1. The molecule has 21 heavy (non-hydrogen) atoms. The van der Waals surface area contributed by atoms with Gasteiger partial charge in [-0.1, -0.05) is 18.6 Å². The zero-order valence-electron chi connectivity index (χ0n) is 12.0. The van der Waals surface area contributed by atoms with Crippen LogP contribution in [0.5, 0.6) is 0 Å². The Morgan fingerprint density at radius 1 is 1.29 bits per heavy atom. The van der Waals surface area contributed by atoms with E-state index in [-0.39, 0.29) is 17.0 Å². The van der Waals surface area contributed by atoms with Crippen LogP contribution in [0.3, 0.4) is 0 Å². The zero-order chi connectivity index (χ0) is 15.5. The molecule has 0 spiro atoms. The summed E-state index contributed by atoms with van der Waals surface area (Å²) in [6, 6.07) is 6.48. The molecule has 2 unspecified atom stereocenters. The number of non-ortho nitro benzene ring substituents is 1. The van der Waals surface area contributed by atoms with Crippen LogP contribution in [0.15, 0.2) is 24.3 Å². The summed E-state index contributed by atoms with van der Waals surface area (Å²) in [6.45, 7) is 0.675. The molecule has 1 fully saturated rings. The smallest absolute Gasteiger partial charge is 0.269 e. The van der Waals surface area contributed by atoms with E-state index in [4.69, 9.17) is 0 Å². The Kier molecular flexibility index (Phi) is 4.95. The normalized spacial score (nSPS) is 22.3. The SMILES string of the molecule is CS(=O)(=O)C1CCCC1NCCc1ccc([N+](=O)[O-])cc1. The van der Waals surface area contributed by atoms with E-state index in [9.17, 15) is 18.5 Å². The second kappa shape index (κ2) is 6.53. The van der Waals surface area contributed by atoms with Crippen LogP contribution in [0.1, 0.15) is 24.8 Å². The fraction of sp³-hybridized carbons (Fsp3) is 0.571. The molecule has 1 N–H and O–H groups in total. The van der Waals surface area contributed by atoms with Gasteiger partial charge in [-0.2, -0.15) is 0 Å². The maximum Gasteiger partial charge on any atom is 0.269 e. The van der Waals surface area contributed by atoms with Crippen molar-refractivity contribution in [3.63, 3.8) is 0 Å². The van der Waals surface area contributed by atoms with Crippen LogP contribution in [0, 0.1) is 10.1 Å². The highest BCUT2D eigenvalue weighted by molar-refractivity contribution is 7.91. The zero-order valence-corrected chi connectivity index (χ0v) is 12.8. The molecule has 1 aliphatic carbocycles. The monoisotopic (exact) mass is 312 g/mol. The van der Waals surface area contributed by atoms with E-state index in [2.05, 4.69) is 5.32 Å². The quantitative estimate of drug-likeness (QED) is 0.638. The van der Waals surface area contributed by atoms with Crippen LogP contribution in [0.25, 0.3) is 0 Å². The van der Waals surface area contributed by atoms with Crippen LogP contribution in [0.2, 0.25) is 0 Å². The van der Waals surface area contributed by atoms with E-state index in [0.717, 1.165) is 31.2 Å². The van der Waals surface area contributed by atoms with Crippen LogP contribution < -0.4 is 5.32 Å². The molecule has 116 valence electrons. The van der Waals surface area contributed by atoms with Crippen LogP contribution in [-0.2, 0) is 16.3 Å². The standard InChI is InChI=1S/C14H20N2O4S/c1-21(19,20)14-4-2-3-13(14)15-10-9-11-5-7-12(8-6-11)16(17)18/h5-8,13-15H,2-4,9-10H2,1H3. The number of nitro groups is 1. The summed E-state index contributed by atoms with van der Waals surface area (Å²) < 4.78 is 23.3. The molecule has 0 bridgehead atoms. The maximum absolute atomic E-state index is 11.7. The molecule has 0 heterocycles. The number of hydrogen-bond acceptors (Lipinski definition) is 5. The van der Waals surface area contributed by atoms with Gasteiger partial charge in [0.2, 0.25) is 0 Å². The van der Waals surface area contributed by atoms with Gasteiger partial charge in [0.05, 0.1) is 10.2 Å². The van der Waals surface area contributed by atoms with Gasteiger partial charge >= 0.3 is 0 Å². The molecule has 0 aromatic heterocycles. The number of hydrogen-bond donors (Lipinski definition) is 1. The third kappa shape index (κ3) is 4.25. The van der Waals surface area contributed by atoms with Crippen molar-refractivity contribution >= 4 is 15.5 Å². The summed E-state index contributed by atoms with van der Waals surface area (Å²) in [4.78, 5) is 10.1. The second-order valence-corrected chi connectivity index (χ2v) is 7.80. The first-order valence-electron chi connectivity index (χ1n) is 7.03. The first kappa shape index (κ1) is 15.9. The first-order valence-corrected chi connectivity index (χ1v) is 8.99. The fourth-order valence-corrected chi connectivity index (χ4v) is 4.28. The van der Waals surface area contributed by atoms with Crippen molar-refractivity contribution in [2.75, 3.05) is 12.8 Å². The molecule has 6 nitrogen and oxygen atoms in total. The highest BCUT2D eigenvalue weighted by Gasteiger charge is 2.34. The minimum Gasteiger partial charge on any atom is -0.312 e. The topological polar surface area (TPSA) is 89.3 Å². The Labute approximate surface area is 124 Å². The molecule has 1 aromatic rings. The van der Waals surface area contributed by atoms with E-state index in [1.807, 2.05) is 0 Å². The minimum absolute atomic E-state index is 0.0260. The lowest BCUT2D eigenvalue weighted by Crippen LogP contribution is -2.40. The summed E-state index contributed by atoms with van der Waals surface area (Å²) in [5.41, 5.74) is 1.08. The van der Waals surface area contributed by atoms with Gasteiger partial charge in [-0.15, -0.1) is 0 Å². The van der Waals surface area contributed by atoms with Gasteiger partial charge in [-0.05, 0) is 31.4 Å². The molecular formula is C14H20N2O4S. The van der Waals surface area contributed by atoms with Gasteiger partial charge < -0.3 is 5.32 Å². The summed E-state index contributed by atoms with van der Waals surface area (Å²) in [6.07, 6.45) is 4.58. The third-order valence-corrected chi connectivity index (χ3v) is 5.63. The molecule has 1 aliphatic rings. The van der Waals surface area contributed by atoms with E-state index in [1.54, 1.807) is 12.1 Å². The molecule has 2 rings (SSSR count). The molecule has 1 aromatic carbocycles. The van der Waals surface area contributed by atoms with Crippen LogP contribution in [0.4, 0.5) is 5.69 Å². The summed E-state index contributed by atoms with van der Waals surface area (Å²) in [7, 11) is -3.00. The fourth-order valence-electron chi connectivity index (χ4n) is 2.86. The lowest BCUT2D eigenvalue weighted by Gasteiger charge is -2.19. The average molecular weight is 312 g/mol. The third-order valence-electron chi connectivity index (χ3n) is 3.97. The van der Waals surface area contributed by atoms with Gasteiger partial charge in [-0.25, -0.2) is 8.42 Å². The first-order chi connectivity index (χ1) is 9.88. The lowest BCUT2D eigenvalue weighted by atomic mass is 10.1.